The van der Waals surface area contributed by atoms with Crippen molar-refractivity contribution in [3.05, 3.63) is 101 Å². The third-order valence-corrected chi connectivity index (χ3v) is 5.91. The number of rotatable bonds is 4. The number of carbonyl (C=O) groups is 1. The summed E-state index contributed by atoms with van der Waals surface area (Å²) in [5.74, 6) is 1.23. The Morgan fingerprint density at radius 2 is 2.06 bits per heavy atom. The van der Waals surface area contributed by atoms with Crippen molar-refractivity contribution in [2.24, 2.45) is 5.92 Å². The van der Waals surface area contributed by atoms with Crippen LogP contribution in [0.15, 0.2) is 94.2 Å². The van der Waals surface area contributed by atoms with Gasteiger partial charge in [0.25, 0.3) is 0 Å². The quantitative estimate of drug-likeness (QED) is 0.544. The van der Waals surface area contributed by atoms with Crippen molar-refractivity contribution in [2.75, 3.05) is 6.61 Å². The highest BCUT2D eigenvalue weighted by molar-refractivity contribution is 5.93. The maximum absolute atomic E-state index is 12.9. The van der Waals surface area contributed by atoms with Gasteiger partial charge in [-0.05, 0) is 55.3 Å². The van der Waals surface area contributed by atoms with Gasteiger partial charge in [0.05, 0.1) is 30.3 Å². The van der Waals surface area contributed by atoms with Crippen LogP contribution in [-0.2, 0) is 14.3 Å². The van der Waals surface area contributed by atoms with Gasteiger partial charge in [-0.3, -0.25) is 0 Å². The Labute approximate surface area is 180 Å². The second kappa shape index (κ2) is 7.51. The fraction of sp³-hybridized carbons (Fsp3) is 0.192. The molecular weight excluding hydrogens is 390 g/mol. The molecule has 2 unspecified atom stereocenters. The van der Waals surface area contributed by atoms with Gasteiger partial charge in [-0.1, -0.05) is 24.8 Å². The number of H-pyrrole nitrogens is 1. The molecule has 5 nitrogen and oxygen atoms in total. The standard InChI is InChI=1S/C26H23NO4/c1-4-29-26(28)23-15(2)12-22-24(25(23)20-10-7-11-30-20)16(3)21(31-22)13-17-14-27-19-9-6-5-8-18(17)19/h5-14,24-25,27H,3-4H2,1-2H3. The lowest BCUT2D eigenvalue weighted by Gasteiger charge is -2.28. The zero-order chi connectivity index (χ0) is 21.5. The minimum Gasteiger partial charge on any atom is -0.469 e. The Bertz CT molecular complexity index is 1270. The SMILES string of the molecule is C=C1C(=Cc2c[nH]c3ccccc23)OC2=CC(C)=C(C(=O)OCC)C(c3ccco3)C12. The minimum atomic E-state index is -0.351. The molecule has 2 aliphatic rings. The predicted octanol–water partition coefficient (Wildman–Crippen LogP) is 5.87. The van der Waals surface area contributed by atoms with E-state index in [1.807, 2.05) is 55.6 Å². The van der Waals surface area contributed by atoms with Crippen LogP contribution in [0.25, 0.3) is 17.0 Å². The van der Waals surface area contributed by atoms with Gasteiger partial charge in [0.15, 0.2) is 0 Å². The topological polar surface area (TPSA) is 64.5 Å². The molecule has 1 aliphatic carbocycles. The molecule has 5 rings (SSSR count). The number of benzene rings is 1. The molecule has 1 N–H and O–H groups in total. The molecule has 0 amide bonds. The van der Waals surface area contributed by atoms with E-state index in [2.05, 4.69) is 17.6 Å². The summed E-state index contributed by atoms with van der Waals surface area (Å²) >= 11 is 0. The molecule has 0 spiro atoms. The van der Waals surface area contributed by atoms with Crippen LogP contribution in [0.2, 0.25) is 0 Å². The Morgan fingerprint density at radius 1 is 1.23 bits per heavy atom. The molecule has 1 aromatic carbocycles. The molecule has 156 valence electrons. The summed E-state index contributed by atoms with van der Waals surface area (Å²) in [5, 5.41) is 1.11. The van der Waals surface area contributed by atoms with E-state index in [1.165, 1.54) is 0 Å². The monoisotopic (exact) mass is 413 g/mol. The first-order valence-corrected chi connectivity index (χ1v) is 10.4. The summed E-state index contributed by atoms with van der Waals surface area (Å²) in [6.07, 6.45) is 7.49. The summed E-state index contributed by atoms with van der Waals surface area (Å²) in [5.41, 5.74) is 4.30. The van der Waals surface area contributed by atoms with Crippen LogP contribution >= 0.6 is 0 Å². The van der Waals surface area contributed by atoms with E-state index in [0.29, 0.717) is 23.7 Å². The number of carbonyl (C=O) groups excluding carboxylic acids is 1. The number of furan rings is 1. The summed E-state index contributed by atoms with van der Waals surface area (Å²) in [4.78, 5) is 16.1. The van der Waals surface area contributed by atoms with Gasteiger partial charge in [0.2, 0.25) is 0 Å². The molecule has 5 heteroatoms. The number of esters is 1. The van der Waals surface area contributed by atoms with Crippen molar-refractivity contribution < 1.29 is 18.7 Å². The van der Waals surface area contributed by atoms with Crippen molar-refractivity contribution in [1.82, 2.24) is 4.98 Å². The van der Waals surface area contributed by atoms with Crippen molar-refractivity contribution in [1.29, 1.82) is 0 Å². The average Bonchev–Trinajstić information content (AvgIpc) is 3.48. The number of aromatic nitrogens is 1. The van der Waals surface area contributed by atoms with E-state index >= 15 is 0 Å². The molecular formula is C26H23NO4. The zero-order valence-corrected chi connectivity index (χ0v) is 17.5. The normalized spacial score (nSPS) is 21.9. The van der Waals surface area contributed by atoms with Crippen molar-refractivity contribution in [2.45, 2.75) is 19.8 Å². The van der Waals surface area contributed by atoms with Gasteiger partial charge in [0.1, 0.15) is 17.3 Å². The first-order chi connectivity index (χ1) is 15.1. The number of allylic oxidation sites excluding steroid dienone is 4. The highest BCUT2D eigenvalue weighted by Crippen LogP contribution is 2.52. The molecule has 0 radical (unpaired) electrons. The van der Waals surface area contributed by atoms with E-state index < -0.39 is 0 Å². The first kappa shape index (κ1) is 19.2. The van der Waals surface area contributed by atoms with E-state index in [9.17, 15) is 4.79 Å². The maximum Gasteiger partial charge on any atom is 0.335 e. The Morgan fingerprint density at radius 3 is 2.84 bits per heavy atom. The molecule has 0 saturated carbocycles. The van der Waals surface area contributed by atoms with Crippen molar-refractivity contribution in [3.8, 4) is 0 Å². The lowest BCUT2D eigenvalue weighted by molar-refractivity contribution is -0.139. The fourth-order valence-electron chi connectivity index (χ4n) is 4.52. The zero-order valence-electron chi connectivity index (χ0n) is 17.5. The van der Waals surface area contributed by atoms with E-state index in [4.69, 9.17) is 13.9 Å². The Hall–Kier alpha value is -3.73. The van der Waals surface area contributed by atoms with Crippen LogP contribution in [0.5, 0.6) is 0 Å². The van der Waals surface area contributed by atoms with Crippen LogP contribution in [-0.4, -0.2) is 17.6 Å². The van der Waals surface area contributed by atoms with Gasteiger partial charge in [-0.2, -0.15) is 0 Å². The number of nitrogens with one attached hydrogen (secondary N) is 1. The highest BCUT2D eigenvalue weighted by Gasteiger charge is 2.46. The minimum absolute atomic E-state index is 0.231. The molecule has 3 heterocycles. The van der Waals surface area contributed by atoms with E-state index in [1.54, 1.807) is 13.2 Å². The predicted molar refractivity (Wildman–Crippen MR) is 119 cm³/mol. The number of para-hydroxylation sites is 1. The van der Waals surface area contributed by atoms with Crippen molar-refractivity contribution in [3.63, 3.8) is 0 Å². The number of ether oxygens (including phenoxy) is 2. The average molecular weight is 413 g/mol. The molecule has 1 fully saturated rings. The Balaban J connectivity index is 1.58. The molecule has 0 bridgehead atoms. The van der Waals surface area contributed by atoms with E-state index in [0.717, 1.165) is 33.4 Å². The second-order valence-electron chi connectivity index (χ2n) is 7.76. The van der Waals surface area contributed by atoms with Crippen LogP contribution in [0.1, 0.15) is 31.1 Å². The Kier molecular flexibility index (Phi) is 4.66. The number of fused-ring (bicyclic) bond motifs is 2. The number of hydrogen-bond donors (Lipinski definition) is 1. The number of hydrogen-bond acceptors (Lipinski definition) is 4. The summed E-state index contributed by atoms with van der Waals surface area (Å²) in [6, 6.07) is 11.8. The van der Waals surface area contributed by atoms with Crippen LogP contribution in [0, 0.1) is 5.92 Å². The lowest BCUT2D eigenvalue weighted by Crippen LogP contribution is -2.25. The highest BCUT2D eigenvalue weighted by atomic mass is 16.5. The smallest absolute Gasteiger partial charge is 0.335 e. The summed E-state index contributed by atoms with van der Waals surface area (Å²) in [7, 11) is 0. The summed E-state index contributed by atoms with van der Waals surface area (Å²) < 4.78 is 17.4. The lowest BCUT2D eigenvalue weighted by atomic mass is 9.74. The largest absolute Gasteiger partial charge is 0.469 e. The van der Waals surface area contributed by atoms with Gasteiger partial charge in [-0.25, -0.2) is 4.79 Å². The van der Waals surface area contributed by atoms with Gasteiger partial charge < -0.3 is 18.9 Å². The van der Waals surface area contributed by atoms with Crippen LogP contribution < -0.4 is 0 Å². The molecule has 2 aromatic heterocycles. The maximum atomic E-state index is 12.9. The van der Waals surface area contributed by atoms with Gasteiger partial charge >= 0.3 is 5.97 Å². The van der Waals surface area contributed by atoms with Gasteiger partial charge in [-0.15, -0.1) is 0 Å². The van der Waals surface area contributed by atoms with Crippen molar-refractivity contribution >= 4 is 22.9 Å². The number of aromatic amines is 1. The molecule has 2 atom stereocenters. The van der Waals surface area contributed by atoms with E-state index in [-0.39, 0.29) is 17.8 Å². The second-order valence-corrected chi connectivity index (χ2v) is 7.76. The molecule has 3 aromatic rings. The third-order valence-electron chi connectivity index (χ3n) is 5.91. The molecule has 1 aliphatic heterocycles. The van der Waals surface area contributed by atoms with Gasteiger partial charge in [0, 0.05) is 22.7 Å². The third kappa shape index (κ3) is 3.13. The molecule has 1 saturated heterocycles. The van der Waals surface area contributed by atoms with Crippen LogP contribution in [0.3, 0.4) is 0 Å². The first-order valence-electron chi connectivity index (χ1n) is 10.4. The summed E-state index contributed by atoms with van der Waals surface area (Å²) in [6.45, 7) is 8.36. The molecule has 31 heavy (non-hydrogen) atoms. The fourth-order valence-corrected chi connectivity index (χ4v) is 4.52. The van der Waals surface area contributed by atoms with Crippen LogP contribution in [0.4, 0.5) is 0 Å².